The lowest BCUT2D eigenvalue weighted by Crippen LogP contribution is -2.08. The number of hydrogen-bond donors (Lipinski definition) is 1. The van der Waals surface area contributed by atoms with Crippen molar-refractivity contribution in [2.75, 3.05) is 7.11 Å². The van der Waals surface area contributed by atoms with Crippen LogP contribution in [-0.2, 0) is 22.4 Å². The molecule has 3 nitrogen and oxygen atoms in total. The van der Waals surface area contributed by atoms with Crippen molar-refractivity contribution >= 4 is 5.97 Å². The van der Waals surface area contributed by atoms with Crippen LogP contribution < -0.4 is 0 Å². The minimum Gasteiger partial charge on any atom is -0.507 e. The highest BCUT2D eigenvalue weighted by atomic mass is 19.1. The summed E-state index contributed by atoms with van der Waals surface area (Å²) in [6, 6.07) is 6.64. The van der Waals surface area contributed by atoms with Crippen LogP contribution in [0.25, 0.3) is 0 Å². The Kier molecular flexibility index (Phi) is 6.94. The van der Waals surface area contributed by atoms with Crippen molar-refractivity contribution < 1.29 is 19.0 Å². The number of ether oxygens (including phenoxy) is 1. The van der Waals surface area contributed by atoms with E-state index < -0.39 is 0 Å². The molecule has 29 heavy (non-hydrogen) atoms. The van der Waals surface area contributed by atoms with E-state index in [1.807, 2.05) is 19.1 Å². The van der Waals surface area contributed by atoms with E-state index in [0.29, 0.717) is 12.2 Å². The molecule has 2 aromatic carbocycles. The fraction of sp³-hybridized carbons (Fsp3) is 0.480. The average molecular weight is 399 g/mol. The molecule has 4 heteroatoms. The van der Waals surface area contributed by atoms with Crippen LogP contribution >= 0.6 is 0 Å². The molecule has 0 aromatic heterocycles. The molecule has 0 amide bonds. The molecular formula is C25H31FO3. The summed E-state index contributed by atoms with van der Waals surface area (Å²) in [5.41, 5.74) is 6.88. The maximum absolute atomic E-state index is 13.5. The maximum atomic E-state index is 13.5. The van der Waals surface area contributed by atoms with Crippen LogP contribution in [0, 0.1) is 19.7 Å². The highest BCUT2D eigenvalue weighted by molar-refractivity contribution is 5.69. The smallest absolute Gasteiger partial charge is 0.305 e. The second-order valence-corrected chi connectivity index (χ2v) is 8.10. The number of unbranched alkanes of at least 4 members (excludes halogenated alkanes) is 2. The fourth-order valence-electron chi connectivity index (χ4n) is 4.75. The van der Waals surface area contributed by atoms with Crippen molar-refractivity contribution in [2.45, 2.75) is 71.1 Å². The van der Waals surface area contributed by atoms with Crippen LogP contribution in [0.3, 0.4) is 0 Å². The number of fused-ring (bicyclic) bond motifs is 1. The summed E-state index contributed by atoms with van der Waals surface area (Å²) in [5, 5.41) is 11.1. The number of esters is 1. The van der Waals surface area contributed by atoms with E-state index in [4.69, 9.17) is 4.74 Å². The predicted octanol–water partition coefficient (Wildman–Crippen LogP) is 5.89. The van der Waals surface area contributed by atoms with Gasteiger partial charge in [0.05, 0.1) is 7.11 Å². The van der Waals surface area contributed by atoms with Crippen LogP contribution in [0.1, 0.15) is 77.8 Å². The van der Waals surface area contributed by atoms with Gasteiger partial charge in [0.15, 0.2) is 0 Å². The summed E-state index contributed by atoms with van der Waals surface area (Å²) in [7, 11) is 1.41. The van der Waals surface area contributed by atoms with Crippen LogP contribution in [0.4, 0.5) is 4.39 Å². The number of benzene rings is 2. The van der Waals surface area contributed by atoms with Gasteiger partial charge in [-0.2, -0.15) is 0 Å². The number of aromatic hydroxyl groups is 1. The van der Waals surface area contributed by atoms with Gasteiger partial charge in [-0.15, -0.1) is 0 Å². The first-order valence-corrected chi connectivity index (χ1v) is 10.6. The van der Waals surface area contributed by atoms with Gasteiger partial charge >= 0.3 is 5.97 Å². The summed E-state index contributed by atoms with van der Waals surface area (Å²) < 4.78 is 18.2. The van der Waals surface area contributed by atoms with Gasteiger partial charge in [0.1, 0.15) is 11.6 Å². The van der Waals surface area contributed by atoms with Crippen LogP contribution in [-0.4, -0.2) is 18.2 Å². The minimum atomic E-state index is -0.253. The Balaban J connectivity index is 1.89. The van der Waals surface area contributed by atoms with Crippen molar-refractivity contribution in [3.05, 3.63) is 63.5 Å². The molecule has 0 spiro atoms. The van der Waals surface area contributed by atoms with E-state index in [9.17, 15) is 14.3 Å². The molecule has 0 heterocycles. The zero-order valence-corrected chi connectivity index (χ0v) is 17.7. The van der Waals surface area contributed by atoms with Gasteiger partial charge in [-0.25, -0.2) is 4.39 Å². The molecule has 156 valence electrons. The molecule has 0 radical (unpaired) electrons. The Hall–Kier alpha value is -2.36. The number of rotatable bonds is 8. The Bertz CT molecular complexity index is 871. The molecular weight excluding hydrogens is 367 g/mol. The molecule has 1 aliphatic carbocycles. The third-order valence-electron chi connectivity index (χ3n) is 6.36. The largest absolute Gasteiger partial charge is 0.507 e. The zero-order valence-electron chi connectivity index (χ0n) is 17.7. The van der Waals surface area contributed by atoms with Crippen molar-refractivity contribution in [3.8, 4) is 5.75 Å². The summed E-state index contributed by atoms with van der Waals surface area (Å²) in [6.07, 6.45) is 7.13. The van der Waals surface area contributed by atoms with Gasteiger partial charge in [-0.05, 0) is 85.9 Å². The number of hydrogen-bond acceptors (Lipinski definition) is 3. The van der Waals surface area contributed by atoms with Gasteiger partial charge in [0.25, 0.3) is 0 Å². The molecule has 1 aliphatic rings. The number of halogens is 1. The Morgan fingerprint density at radius 2 is 1.72 bits per heavy atom. The first-order valence-electron chi connectivity index (χ1n) is 10.6. The Labute approximate surface area is 172 Å². The van der Waals surface area contributed by atoms with E-state index in [-0.39, 0.29) is 17.7 Å². The highest BCUT2D eigenvalue weighted by Crippen LogP contribution is 2.44. The van der Waals surface area contributed by atoms with Gasteiger partial charge in [0, 0.05) is 17.9 Å². The lowest BCUT2D eigenvalue weighted by atomic mass is 9.80. The summed E-state index contributed by atoms with van der Waals surface area (Å²) >= 11 is 0. The van der Waals surface area contributed by atoms with E-state index in [1.165, 1.54) is 35.9 Å². The first-order chi connectivity index (χ1) is 13.9. The highest BCUT2D eigenvalue weighted by Gasteiger charge is 2.27. The van der Waals surface area contributed by atoms with E-state index >= 15 is 0 Å². The van der Waals surface area contributed by atoms with E-state index in [1.54, 1.807) is 0 Å². The number of methoxy groups -OCH3 is 1. The zero-order chi connectivity index (χ0) is 21.0. The maximum Gasteiger partial charge on any atom is 0.305 e. The van der Waals surface area contributed by atoms with Gasteiger partial charge < -0.3 is 9.84 Å². The van der Waals surface area contributed by atoms with Gasteiger partial charge in [0.2, 0.25) is 0 Å². The molecule has 0 aliphatic heterocycles. The number of phenolic OH excluding ortho intramolecular Hbond substituents is 1. The quantitative estimate of drug-likeness (QED) is 0.445. The van der Waals surface area contributed by atoms with Crippen LogP contribution in [0.5, 0.6) is 5.75 Å². The van der Waals surface area contributed by atoms with Crippen LogP contribution in [0.15, 0.2) is 24.3 Å². The van der Waals surface area contributed by atoms with E-state index in [2.05, 4.69) is 6.92 Å². The summed E-state index contributed by atoms with van der Waals surface area (Å²) in [6.45, 7) is 4.13. The second-order valence-electron chi connectivity index (χ2n) is 8.10. The summed E-state index contributed by atoms with van der Waals surface area (Å²) in [5.74, 6) is -0.0233. The van der Waals surface area contributed by atoms with Crippen molar-refractivity contribution in [1.29, 1.82) is 0 Å². The molecule has 2 aromatic rings. The minimum absolute atomic E-state index is 0.0123. The SMILES string of the molecule is COC(=O)CCCCC[C@H](c1ccc(F)cc1)c1c(C)c2c(c(C)c1O)CCC2. The van der Waals surface area contributed by atoms with Crippen molar-refractivity contribution in [1.82, 2.24) is 0 Å². The summed E-state index contributed by atoms with van der Waals surface area (Å²) in [4.78, 5) is 11.3. The van der Waals surface area contributed by atoms with Gasteiger partial charge in [-0.3, -0.25) is 4.79 Å². The molecule has 0 unspecified atom stereocenters. The number of carbonyl (C=O) groups excluding carboxylic acids is 1. The lowest BCUT2D eigenvalue weighted by molar-refractivity contribution is -0.140. The fourth-order valence-corrected chi connectivity index (χ4v) is 4.75. The average Bonchev–Trinajstić information content (AvgIpc) is 3.21. The number of carbonyl (C=O) groups is 1. The normalized spacial score (nSPS) is 13.9. The molecule has 3 rings (SSSR count). The van der Waals surface area contributed by atoms with Crippen LogP contribution in [0.2, 0.25) is 0 Å². The molecule has 0 saturated carbocycles. The van der Waals surface area contributed by atoms with Gasteiger partial charge in [-0.1, -0.05) is 25.0 Å². The molecule has 0 saturated heterocycles. The second kappa shape index (κ2) is 9.43. The third kappa shape index (κ3) is 4.63. The van der Waals surface area contributed by atoms with E-state index in [0.717, 1.165) is 61.6 Å². The van der Waals surface area contributed by atoms with Crippen molar-refractivity contribution in [3.63, 3.8) is 0 Å². The van der Waals surface area contributed by atoms with Crippen molar-refractivity contribution in [2.24, 2.45) is 0 Å². The standard InChI is InChI=1S/C25H31FO3/c1-16-20-9-7-10-21(20)17(2)25(28)24(16)22(18-12-14-19(26)15-13-18)8-5-4-6-11-23(27)29-3/h12-15,22,28H,4-11H2,1-3H3/t22-/m1/s1. The molecule has 0 fully saturated rings. The molecule has 0 bridgehead atoms. The lowest BCUT2D eigenvalue weighted by Gasteiger charge is -2.25. The topological polar surface area (TPSA) is 46.5 Å². The molecule has 1 atom stereocenters. The Morgan fingerprint density at radius 1 is 1.07 bits per heavy atom. The number of phenols is 1. The molecule has 1 N–H and O–H groups in total. The predicted molar refractivity (Wildman–Crippen MR) is 113 cm³/mol. The third-order valence-corrected chi connectivity index (χ3v) is 6.36. The monoisotopic (exact) mass is 398 g/mol. The Morgan fingerprint density at radius 3 is 2.38 bits per heavy atom. The first kappa shape index (κ1) is 21.4.